The van der Waals surface area contributed by atoms with Gasteiger partial charge in [0, 0.05) is 10.6 Å². The van der Waals surface area contributed by atoms with Crippen molar-refractivity contribution in [3.8, 4) is 11.3 Å². The number of hydrogen-bond acceptors (Lipinski definition) is 5. The first kappa shape index (κ1) is 19.1. The third-order valence-electron chi connectivity index (χ3n) is 4.47. The fourth-order valence-corrected chi connectivity index (χ4v) is 3.19. The van der Waals surface area contributed by atoms with Gasteiger partial charge in [-0.25, -0.2) is 14.5 Å². The van der Waals surface area contributed by atoms with Gasteiger partial charge in [-0.05, 0) is 23.8 Å². The van der Waals surface area contributed by atoms with Crippen molar-refractivity contribution in [3.05, 3.63) is 83.0 Å². The number of hydrogen-bond donors (Lipinski definition) is 1. The summed E-state index contributed by atoms with van der Waals surface area (Å²) in [6.07, 6.45) is 1.61. The second-order valence-corrected chi connectivity index (χ2v) is 6.88. The van der Waals surface area contributed by atoms with Crippen LogP contribution in [-0.4, -0.2) is 39.1 Å². The van der Waals surface area contributed by atoms with Gasteiger partial charge < -0.3 is 9.84 Å². The number of halogens is 1. The van der Waals surface area contributed by atoms with Gasteiger partial charge in [0.05, 0.1) is 36.0 Å². The fraction of sp³-hybridized carbons (Fsp3) is 0.136. The van der Waals surface area contributed by atoms with Crippen LogP contribution in [-0.2, 0) is 11.3 Å². The van der Waals surface area contributed by atoms with Crippen LogP contribution in [0.1, 0.15) is 15.9 Å². The van der Waals surface area contributed by atoms with Crippen LogP contribution in [0.3, 0.4) is 0 Å². The van der Waals surface area contributed by atoms with Crippen LogP contribution in [0.25, 0.3) is 22.3 Å². The SMILES string of the molecule is O=C(OCCO)c1cc(-c2ccccc2)nc2c1cnn2Cc1ccc(Cl)cc1. The van der Waals surface area contributed by atoms with E-state index in [1.165, 1.54) is 0 Å². The van der Waals surface area contributed by atoms with Crippen LogP contribution in [0.15, 0.2) is 66.9 Å². The number of aliphatic hydroxyl groups excluding tert-OH is 1. The predicted molar refractivity (Wildman–Crippen MR) is 111 cm³/mol. The zero-order valence-corrected chi connectivity index (χ0v) is 16.2. The topological polar surface area (TPSA) is 77.2 Å². The van der Waals surface area contributed by atoms with Gasteiger partial charge in [-0.1, -0.05) is 54.1 Å². The summed E-state index contributed by atoms with van der Waals surface area (Å²) in [6, 6.07) is 18.8. The lowest BCUT2D eigenvalue weighted by molar-refractivity contribution is 0.0436. The number of benzene rings is 2. The van der Waals surface area contributed by atoms with Crippen molar-refractivity contribution in [2.75, 3.05) is 13.2 Å². The average molecular weight is 408 g/mol. The quantitative estimate of drug-likeness (QED) is 0.490. The highest BCUT2D eigenvalue weighted by atomic mass is 35.5. The largest absolute Gasteiger partial charge is 0.460 e. The molecular weight excluding hydrogens is 390 g/mol. The number of esters is 1. The minimum atomic E-state index is -0.519. The standard InChI is InChI=1S/C22H18ClN3O3/c23-17-8-6-15(7-9-17)14-26-21-19(13-24-26)18(22(28)29-11-10-27)12-20(25-21)16-4-2-1-3-5-16/h1-9,12-13,27H,10-11,14H2. The van der Waals surface area contributed by atoms with Crippen molar-refractivity contribution in [1.82, 2.24) is 14.8 Å². The first-order valence-electron chi connectivity index (χ1n) is 9.10. The number of carbonyl (C=O) groups excluding carboxylic acids is 1. The molecule has 0 amide bonds. The minimum absolute atomic E-state index is 0.0672. The molecule has 0 bridgehead atoms. The zero-order valence-electron chi connectivity index (χ0n) is 15.5. The fourth-order valence-electron chi connectivity index (χ4n) is 3.07. The molecule has 29 heavy (non-hydrogen) atoms. The van der Waals surface area contributed by atoms with Crippen molar-refractivity contribution >= 4 is 28.6 Å². The number of aromatic nitrogens is 3. The maximum Gasteiger partial charge on any atom is 0.339 e. The highest BCUT2D eigenvalue weighted by Gasteiger charge is 2.18. The molecule has 2 aromatic heterocycles. The van der Waals surface area contributed by atoms with Gasteiger partial charge in [0.2, 0.25) is 0 Å². The molecule has 1 N–H and O–H groups in total. The van der Waals surface area contributed by atoms with Crippen molar-refractivity contribution in [2.24, 2.45) is 0 Å². The van der Waals surface area contributed by atoms with Gasteiger partial charge in [0.25, 0.3) is 0 Å². The number of fused-ring (bicyclic) bond motifs is 1. The Kier molecular flexibility index (Phi) is 5.55. The maximum atomic E-state index is 12.6. The lowest BCUT2D eigenvalue weighted by Gasteiger charge is -2.09. The van der Waals surface area contributed by atoms with E-state index in [1.54, 1.807) is 16.9 Å². The van der Waals surface area contributed by atoms with Crippen molar-refractivity contribution in [2.45, 2.75) is 6.54 Å². The number of aliphatic hydroxyl groups is 1. The predicted octanol–water partition coefficient (Wildman–Crippen LogP) is 3.95. The van der Waals surface area contributed by atoms with Gasteiger partial charge in [-0.15, -0.1) is 0 Å². The highest BCUT2D eigenvalue weighted by Crippen LogP contribution is 2.26. The Labute approximate surface area is 172 Å². The van der Waals surface area contributed by atoms with Crippen LogP contribution in [0, 0.1) is 0 Å². The van der Waals surface area contributed by atoms with Crippen LogP contribution in [0.2, 0.25) is 5.02 Å². The number of ether oxygens (including phenoxy) is 1. The summed E-state index contributed by atoms with van der Waals surface area (Å²) in [5.41, 5.74) is 3.48. The van der Waals surface area contributed by atoms with Gasteiger partial charge in [0.15, 0.2) is 5.65 Å². The van der Waals surface area contributed by atoms with E-state index in [-0.39, 0.29) is 13.2 Å². The molecule has 4 aromatic rings. The van der Waals surface area contributed by atoms with Crippen LogP contribution in [0.5, 0.6) is 0 Å². The average Bonchev–Trinajstić information content (AvgIpc) is 3.16. The van der Waals surface area contributed by atoms with E-state index in [1.807, 2.05) is 54.6 Å². The highest BCUT2D eigenvalue weighted by molar-refractivity contribution is 6.30. The lowest BCUT2D eigenvalue weighted by Crippen LogP contribution is -2.10. The molecule has 2 aromatic carbocycles. The summed E-state index contributed by atoms with van der Waals surface area (Å²) in [6.45, 7) is 0.181. The number of nitrogens with zero attached hydrogens (tertiary/aromatic N) is 3. The third-order valence-corrected chi connectivity index (χ3v) is 4.72. The van der Waals surface area contributed by atoms with Gasteiger partial charge in [-0.2, -0.15) is 5.10 Å². The molecule has 0 atom stereocenters. The first-order chi connectivity index (χ1) is 14.2. The Hall–Kier alpha value is -3.22. The number of carbonyl (C=O) groups is 1. The minimum Gasteiger partial charge on any atom is -0.460 e. The second-order valence-electron chi connectivity index (χ2n) is 6.45. The smallest absolute Gasteiger partial charge is 0.339 e. The molecule has 0 aliphatic heterocycles. The molecule has 0 aliphatic carbocycles. The summed E-state index contributed by atoms with van der Waals surface area (Å²) in [5.74, 6) is -0.519. The molecule has 0 radical (unpaired) electrons. The van der Waals surface area contributed by atoms with Crippen LogP contribution in [0.4, 0.5) is 0 Å². The summed E-state index contributed by atoms with van der Waals surface area (Å²) < 4.78 is 6.89. The lowest BCUT2D eigenvalue weighted by atomic mass is 10.1. The van der Waals surface area contributed by atoms with Crippen LogP contribution >= 0.6 is 11.6 Å². The molecule has 0 spiro atoms. The molecule has 6 nitrogen and oxygen atoms in total. The Morgan fingerprint density at radius 1 is 1.10 bits per heavy atom. The number of pyridine rings is 1. The second kappa shape index (κ2) is 8.43. The Morgan fingerprint density at radius 3 is 2.59 bits per heavy atom. The Bertz CT molecular complexity index is 1140. The maximum absolute atomic E-state index is 12.6. The third kappa shape index (κ3) is 4.13. The molecule has 2 heterocycles. The van der Waals surface area contributed by atoms with Crippen molar-refractivity contribution < 1.29 is 14.6 Å². The molecule has 0 saturated carbocycles. The van der Waals surface area contributed by atoms with Crippen molar-refractivity contribution in [1.29, 1.82) is 0 Å². The van der Waals surface area contributed by atoms with Gasteiger partial charge in [0.1, 0.15) is 6.61 Å². The molecule has 0 fully saturated rings. The van der Waals surface area contributed by atoms with E-state index in [0.29, 0.717) is 33.9 Å². The van der Waals surface area contributed by atoms with E-state index >= 15 is 0 Å². The normalized spacial score (nSPS) is 11.0. The molecule has 7 heteroatoms. The summed E-state index contributed by atoms with van der Waals surface area (Å²) in [5, 5.41) is 14.7. The summed E-state index contributed by atoms with van der Waals surface area (Å²) in [4.78, 5) is 17.4. The van der Waals surface area contributed by atoms with Gasteiger partial charge >= 0.3 is 5.97 Å². The van der Waals surface area contributed by atoms with E-state index in [9.17, 15) is 4.79 Å². The van der Waals surface area contributed by atoms with E-state index in [0.717, 1.165) is 11.1 Å². The van der Waals surface area contributed by atoms with Gasteiger partial charge in [-0.3, -0.25) is 0 Å². The van der Waals surface area contributed by atoms with Crippen LogP contribution < -0.4 is 0 Å². The molecule has 0 unspecified atom stereocenters. The Morgan fingerprint density at radius 2 is 1.86 bits per heavy atom. The van der Waals surface area contributed by atoms with Crippen molar-refractivity contribution in [3.63, 3.8) is 0 Å². The summed E-state index contributed by atoms with van der Waals surface area (Å²) in [7, 11) is 0. The van der Waals surface area contributed by atoms with E-state index in [4.69, 9.17) is 26.4 Å². The molecular formula is C22H18ClN3O3. The molecule has 0 saturated heterocycles. The molecule has 4 rings (SSSR count). The molecule has 0 aliphatic rings. The summed E-state index contributed by atoms with van der Waals surface area (Å²) >= 11 is 5.97. The monoisotopic (exact) mass is 407 g/mol. The van der Waals surface area contributed by atoms with E-state index < -0.39 is 5.97 Å². The van der Waals surface area contributed by atoms with E-state index in [2.05, 4.69) is 5.10 Å². The molecule has 146 valence electrons. The zero-order chi connectivity index (χ0) is 20.2. The number of rotatable bonds is 6. The first-order valence-corrected chi connectivity index (χ1v) is 9.48. The Balaban J connectivity index is 1.82.